The average Bonchev–Trinajstić information content (AvgIpc) is 3.43. The van der Waals surface area contributed by atoms with Crippen molar-refractivity contribution in [1.29, 1.82) is 0 Å². The molecule has 37 heavy (non-hydrogen) atoms. The minimum Gasteiger partial charge on any atom is -0.495 e. The molecule has 0 aliphatic heterocycles. The van der Waals surface area contributed by atoms with Crippen LogP contribution >= 0.6 is 0 Å². The quantitative estimate of drug-likeness (QED) is 0.255. The zero-order valence-corrected chi connectivity index (χ0v) is 20.6. The second-order valence-electron chi connectivity index (χ2n) is 8.31. The van der Waals surface area contributed by atoms with Crippen LogP contribution in [0.1, 0.15) is 16.7 Å². The van der Waals surface area contributed by atoms with Crippen LogP contribution in [0.5, 0.6) is 11.5 Å². The molecule has 5 rings (SSSR count). The van der Waals surface area contributed by atoms with Gasteiger partial charge in [0.25, 0.3) is 0 Å². The molecule has 0 saturated carbocycles. The predicted molar refractivity (Wildman–Crippen MR) is 145 cm³/mol. The monoisotopic (exact) mass is 494 g/mol. The van der Waals surface area contributed by atoms with Crippen molar-refractivity contribution < 1.29 is 18.3 Å². The smallest absolute Gasteiger partial charge is 0.206 e. The lowest BCUT2D eigenvalue weighted by Crippen LogP contribution is -2.19. The molecule has 1 N–H and O–H groups in total. The molecule has 0 spiro atoms. The fraction of sp³-hybridized carbons (Fsp3) is 0.133. The van der Waals surface area contributed by atoms with Gasteiger partial charge in [-0.1, -0.05) is 60.7 Å². The highest BCUT2D eigenvalue weighted by atomic mass is 16.5. The lowest BCUT2D eigenvalue weighted by atomic mass is 10.1. The van der Waals surface area contributed by atoms with E-state index in [1.807, 2.05) is 60.7 Å². The summed E-state index contributed by atoms with van der Waals surface area (Å²) in [4.78, 5) is 18.4. The number of nitrogens with one attached hydrogen (secondary N) is 1. The molecule has 7 nitrogen and oxygen atoms in total. The Bertz CT molecular complexity index is 1630. The number of aliphatic imine (C=N–C) groups is 1. The molecule has 0 radical (unpaired) electrons. The summed E-state index contributed by atoms with van der Waals surface area (Å²) in [5.74, 6) is 0.710. The van der Waals surface area contributed by atoms with Gasteiger partial charge < -0.3 is 23.6 Å². The van der Waals surface area contributed by atoms with Gasteiger partial charge in [0, 0.05) is 12.8 Å². The third kappa shape index (κ3) is 4.84. The summed E-state index contributed by atoms with van der Waals surface area (Å²) in [5.41, 5.74) is 3.53. The van der Waals surface area contributed by atoms with Gasteiger partial charge in [0.05, 0.1) is 43.7 Å². The topological polar surface area (TPSA) is 86.2 Å². The number of hydrogen-bond acceptors (Lipinski definition) is 7. The molecule has 0 unspecified atom stereocenters. The van der Waals surface area contributed by atoms with Crippen molar-refractivity contribution >= 4 is 33.9 Å². The summed E-state index contributed by atoms with van der Waals surface area (Å²) in [6, 6.07) is 21.6. The number of benzene rings is 3. The number of nitrogens with zero attached hydrogens (tertiary/aromatic N) is 1. The average molecular weight is 495 g/mol. The molecule has 0 aliphatic rings. The van der Waals surface area contributed by atoms with E-state index in [0.29, 0.717) is 46.8 Å². The van der Waals surface area contributed by atoms with E-state index in [2.05, 4.69) is 10.3 Å². The van der Waals surface area contributed by atoms with Gasteiger partial charge in [-0.2, -0.15) is 0 Å². The molecule has 0 atom stereocenters. The van der Waals surface area contributed by atoms with Crippen molar-refractivity contribution in [2.45, 2.75) is 13.1 Å². The van der Waals surface area contributed by atoms with Crippen molar-refractivity contribution in [3.05, 3.63) is 112 Å². The van der Waals surface area contributed by atoms with Crippen molar-refractivity contribution in [2.24, 2.45) is 4.99 Å². The molecule has 7 heteroatoms. The van der Waals surface area contributed by atoms with Gasteiger partial charge >= 0.3 is 0 Å². The Morgan fingerprint density at radius 2 is 1.59 bits per heavy atom. The number of fused-ring (bicyclic) bond motifs is 2. The lowest BCUT2D eigenvalue weighted by molar-refractivity contribution is 0.400. The Morgan fingerprint density at radius 3 is 2.30 bits per heavy atom. The third-order valence-electron chi connectivity index (χ3n) is 6.03. The van der Waals surface area contributed by atoms with E-state index >= 15 is 0 Å². The molecule has 2 heterocycles. The van der Waals surface area contributed by atoms with Crippen LogP contribution in [0, 0.1) is 0 Å². The largest absolute Gasteiger partial charge is 0.495 e. The van der Waals surface area contributed by atoms with E-state index in [-0.39, 0.29) is 16.4 Å². The fourth-order valence-corrected chi connectivity index (χ4v) is 4.23. The first-order chi connectivity index (χ1) is 18.2. The first-order valence-electron chi connectivity index (χ1n) is 11.8. The van der Waals surface area contributed by atoms with Crippen LogP contribution in [0.25, 0.3) is 27.6 Å². The minimum absolute atomic E-state index is 0.260. The summed E-state index contributed by atoms with van der Waals surface area (Å²) >= 11 is 0. The molecule has 5 aromatic rings. The van der Waals surface area contributed by atoms with E-state index < -0.39 is 0 Å². The number of furan rings is 1. The van der Waals surface area contributed by atoms with E-state index in [4.69, 9.17) is 18.3 Å². The Hall–Kier alpha value is -4.78. The number of methoxy groups -OCH3 is 2. The maximum atomic E-state index is 13.9. The van der Waals surface area contributed by atoms with Crippen LogP contribution in [0.4, 0.5) is 0 Å². The van der Waals surface area contributed by atoms with Gasteiger partial charge in [0.1, 0.15) is 17.4 Å². The van der Waals surface area contributed by atoms with Gasteiger partial charge in [-0.05, 0) is 23.3 Å². The zero-order valence-electron chi connectivity index (χ0n) is 20.6. The summed E-state index contributed by atoms with van der Waals surface area (Å²) in [7, 11) is 3.02. The first kappa shape index (κ1) is 23.9. The standard InChI is InChI=1S/C30H26N2O5/c1-34-27-22-14-16-36-28(22)30(35-2)29-25(27)26(33)23(19-37-29)24(32-18-21-11-7-4-8-12-21)13-15-31-17-20-9-5-3-6-10-20/h3-16,19,32H,17-18H2,1-2H3/b24-13-,31-15?. The van der Waals surface area contributed by atoms with Crippen LogP contribution in [-0.4, -0.2) is 20.4 Å². The zero-order chi connectivity index (χ0) is 25.6. The summed E-state index contributed by atoms with van der Waals surface area (Å²) < 4.78 is 22.8. The molecule has 2 aromatic heterocycles. The third-order valence-corrected chi connectivity index (χ3v) is 6.03. The normalized spacial score (nSPS) is 11.9. The summed E-state index contributed by atoms with van der Waals surface area (Å²) in [6.07, 6.45) is 6.43. The summed E-state index contributed by atoms with van der Waals surface area (Å²) in [5, 5.41) is 4.28. The van der Waals surface area contributed by atoms with Crippen molar-refractivity contribution in [2.75, 3.05) is 14.2 Å². The van der Waals surface area contributed by atoms with E-state index in [0.717, 1.165) is 11.1 Å². The second kappa shape index (κ2) is 10.9. The fourth-order valence-electron chi connectivity index (χ4n) is 4.23. The second-order valence-corrected chi connectivity index (χ2v) is 8.31. The molecule has 0 fully saturated rings. The predicted octanol–water partition coefficient (Wildman–Crippen LogP) is 5.96. The van der Waals surface area contributed by atoms with Crippen LogP contribution in [0.2, 0.25) is 0 Å². The van der Waals surface area contributed by atoms with E-state index in [1.54, 1.807) is 18.4 Å². The summed E-state index contributed by atoms with van der Waals surface area (Å²) in [6.45, 7) is 1.04. The van der Waals surface area contributed by atoms with Gasteiger partial charge in [-0.3, -0.25) is 9.79 Å². The number of allylic oxidation sites excluding steroid dienone is 1. The van der Waals surface area contributed by atoms with Crippen LogP contribution < -0.4 is 20.2 Å². The van der Waals surface area contributed by atoms with Crippen molar-refractivity contribution in [3.8, 4) is 11.5 Å². The Balaban J connectivity index is 1.59. The van der Waals surface area contributed by atoms with Crippen LogP contribution in [-0.2, 0) is 13.1 Å². The molecule has 0 saturated heterocycles. The number of rotatable bonds is 9. The van der Waals surface area contributed by atoms with Crippen molar-refractivity contribution in [1.82, 2.24) is 5.32 Å². The van der Waals surface area contributed by atoms with Gasteiger partial charge in [-0.25, -0.2) is 0 Å². The Kier molecular flexibility index (Phi) is 7.03. The minimum atomic E-state index is -0.261. The Labute approximate surface area is 213 Å². The number of hydrogen-bond donors (Lipinski definition) is 1. The van der Waals surface area contributed by atoms with E-state index in [1.165, 1.54) is 26.7 Å². The Morgan fingerprint density at radius 1 is 0.892 bits per heavy atom. The molecular formula is C30H26N2O5. The molecule has 186 valence electrons. The van der Waals surface area contributed by atoms with Crippen molar-refractivity contribution in [3.63, 3.8) is 0 Å². The lowest BCUT2D eigenvalue weighted by Gasteiger charge is -2.14. The number of ether oxygens (including phenoxy) is 2. The molecule has 0 bridgehead atoms. The highest BCUT2D eigenvalue weighted by molar-refractivity contribution is 6.07. The maximum Gasteiger partial charge on any atom is 0.206 e. The van der Waals surface area contributed by atoms with E-state index in [9.17, 15) is 4.79 Å². The highest BCUT2D eigenvalue weighted by Crippen LogP contribution is 2.42. The van der Waals surface area contributed by atoms with Crippen LogP contribution in [0.15, 0.2) is 104 Å². The SMILES string of the molecule is COc1c2occc2c(OC)c2c(=O)c(/C(=C/C=NCc3ccccc3)NCc3ccccc3)coc12. The van der Waals surface area contributed by atoms with Gasteiger partial charge in [0.15, 0.2) is 11.2 Å². The van der Waals surface area contributed by atoms with Gasteiger partial charge in [-0.15, -0.1) is 0 Å². The molecule has 3 aromatic carbocycles. The molecule has 0 amide bonds. The van der Waals surface area contributed by atoms with Crippen LogP contribution in [0.3, 0.4) is 0 Å². The first-order valence-corrected chi connectivity index (χ1v) is 11.8. The molecular weight excluding hydrogens is 468 g/mol. The highest BCUT2D eigenvalue weighted by Gasteiger charge is 2.24. The maximum absolute atomic E-state index is 13.9. The van der Waals surface area contributed by atoms with Gasteiger partial charge in [0.2, 0.25) is 11.2 Å². The molecule has 0 aliphatic carbocycles.